The number of nitrogens with one attached hydrogen (secondary N) is 1. The van der Waals surface area contributed by atoms with E-state index in [0.717, 1.165) is 13.1 Å². The highest BCUT2D eigenvalue weighted by Crippen LogP contribution is 2.23. The number of furan rings is 1. The van der Waals surface area contributed by atoms with Crippen molar-refractivity contribution in [2.75, 3.05) is 20.1 Å². The maximum absolute atomic E-state index is 12.2. The van der Waals surface area contributed by atoms with Gasteiger partial charge in [-0.1, -0.05) is 5.16 Å². The van der Waals surface area contributed by atoms with Crippen LogP contribution in [-0.2, 0) is 0 Å². The number of nitrogens with zero attached hydrogens (tertiary/aromatic N) is 2. The highest BCUT2D eigenvalue weighted by Gasteiger charge is 2.40. The van der Waals surface area contributed by atoms with E-state index in [9.17, 15) is 4.79 Å². The molecule has 1 saturated heterocycles. The summed E-state index contributed by atoms with van der Waals surface area (Å²) in [5.41, 5.74) is 4.91. The number of amides is 1. The smallest absolute Gasteiger partial charge is 0.287 e. The third-order valence-electron chi connectivity index (χ3n) is 3.59. The van der Waals surface area contributed by atoms with Crippen LogP contribution in [0.5, 0.6) is 0 Å². The highest BCUT2D eigenvalue weighted by atomic mass is 35.5. The lowest BCUT2D eigenvalue weighted by atomic mass is 9.86. The van der Waals surface area contributed by atoms with Crippen LogP contribution in [0.1, 0.15) is 23.4 Å². The van der Waals surface area contributed by atoms with E-state index < -0.39 is 11.4 Å². The molecule has 1 fully saturated rings. The minimum Gasteiger partial charge on any atom is -0.440 e. The third kappa shape index (κ3) is 2.88. The summed E-state index contributed by atoms with van der Waals surface area (Å²) in [4.78, 5) is 14.3. The number of carbonyl (C=O) groups is 1. The van der Waals surface area contributed by atoms with Gasteiger partial charge in [0.2, 0.25) is 0 Å². The fourth-order valence-electron chi connectivity index (χ4n) is 2.26. The SMILES string of the molecule is CN1CCC(NC(=O)c2ccc(Cl)o2)(/C(N)=N/O)CC1. The molecule has 1 aliphatic heterocycles. The molecule has 0 aromatic carbocycles. The Labute approximate surface area is 121 Å². The molecule has 1 aliphatic rings. The van der Waals surface area contributed by atoms with Crippen LogP contribution in [0.25, 0.3) is 0 Å². The number of nitrogens with two attached hydrogens (primary N) is 1. The third-order valence-corrected chi connectivity index (χ3v) is 3.79. The largest absolute Gasteiger partial charge is 0.440 e. The molecule has 0 spiro atoms. The predicted molar refractivity (Wildman–Crippen MR) is 74.1 cm³/mol. The number of hydrogen-bond acceptors (Lipinski definition) is 5. The van der Waals surface area contributed by atoms with Gasteiger partial charge in [0.15, 0.2) is 16.8 Å². The summed E-state index contributed by atoms with van der Waals surface area (Å²) in [5, 5.41) is 15.0. The molecule has 0 atom stereocenters. The Hall–Kier alpha value is -1.73. The molecule has 0 radical (unpaired) electrons. The topological polar surface area (TPSA) is 104 Å². The first-order valence-electron chi connectivity index (χ1n) is 6.21. The Morgan fingerprint density at radius 3 is 2.70 bits per heavy atom. The average Bonchev–Trinajstić information content (AvgIpc) is 2.87. The lowest BCUT2D eigenvalue weighted by molar-refractivity contribution is 0.0858. The first kappa shape index (κ1) is 14.7. The van der Waals surface area contributed by atoms with Crippen LogP contribution in [-0.4, -0.2) is 47.5 Å². The molecule has 0 bridgehead atoms. The molecule has 110 valence electrons. The monoisotopic (exact) mass is 300 g/mol. The second kappa shape index (κ2) is 5.72. The molecule has 0 saturated carbocycles. The lowest BCUT2D eigenvalue weighted by Crippen LogP contribution is -2.62. The summed E-state index contributed by atoms with van der Waals surface area (Å²) in [5.74, 6) is -0.344. The highest BCUT2D eigenvalue weighted by molar-refractivity contribution is 6.29. The number of likely N-dealkylation sites (tertiary alicyclic amines) is 1. The van der Waals surface area contributed by atoms with E-state index in [1.165, 1.54) is 12.1 Å². The molecule has 2 rings (SSSR count). The predicted octanol–water partition coefficient (Wildman–Crippen LogP) is 0.874. The summed E-state index contributed by atoms with van der Waals surface area (Å²) in [7, 11) is 1.98. The molecule has 20 heavy (non-hydrogen) atoms. The van der Waals surface area contributed by atoms with Gasteiger partial charge in [-0.3, -0.25) is 4.79 Å². The van der Waals surface area contributed by atoms with Gasteiger partial charge in [0.25, 0.3) is 5.91 Å². The second-order valence-corrected chi connectivity index (χ2v) is 5.30. The summed E-state index contributed by atoms with van der Waals surface area (Å²) in [6.07, 6.45) is 1.11. The van der Waals surface area contributed by atoms with Crippen LogP contribution in [0, 0.1) is 0 Å². The van der Waals surface area contributed by atoms with Gasteiger partial charge in [0.05, 0.1) is 0 Å². The van der Waals surface area contributed by atoms with Crippen molar-refractivity contribution in [3.63, 3.8) is 0 Å². The average molecular weight is 301 g/mol. The number of piperidine rings is 1. The van der Waals surface area contributed by atoms with Gasteiger partial charge in [0, 0.05) is 13.1 Å². The van der Waals surface area contributed by atoms with Crippen LogP contribution >= 0.6 is 11.6 Å². The zero-order valence-corrected chi connectivity index (χ0v) is 11.9. The molecule has 8 heteroatoms. The fraction of sp³-hybridized carbons (Fsp3) is 0.500. The van der Waals surface area contributed by atoms with E-state index in [4.69, 9.17) is 27.0 Å². The van der Waals surface area contributed by atoms with Crippen molar-refractivity contribution >= 4 is 23.3 Å². The quantitative estimate of drug-likeness (QED) is 0.333. The maximum Gasteiger partial charge on any atom is 0.287 e. The number of halogens is 1. The van der Waals surface area contributed by atoms with Crippen LogP contribution in [0.15, 0.2) is 21.7 Å². The minimum absolute atomic E-state index is 0.00315. The molecular weight excluding hydrogens is 284 g/mol. The van der Waals surface area contributed by atoms with Gasteiger partial charge in [-0.2, -0.15) is 0 Å². The van der Waals surface area contributed by atoms with E-state index in [0.29, 0.717) is 12.8 Å². The maximum atomic E-state index is 12.2. The molecule has 2 heterocycles. The normalized spacial score (nSPS) is 19.8. The number of carbonyl (C=O) groups excluding carboxylic acids is 1. The van der Waals surface area contributed by atoms with Crippen molar-refractivity contribution in [3.8, 4) is 0 Å². The van der Waals surface area contributed by atoms with Gasteiger partial charge in [0.1, 0.15) is 5.54 Å². The van der Waals surface area contributed by atoms with Gasteiger partial charge >= 0.3 is 0 Å². The summed E-state index contributed by atoms with van der Waals surface area (Å²) in [6, 6.07) is 2.97. The number of oxime groups is 1. The van der Waals surface area contributed by atoms with Crippen molar-refractivity contribution in [2.24, 2.45) is 10.9 Å². The molecule has 1 aromatic rings. The number of hydrogen-bond donors (Lipinski definition) is 3. The van der Waals surface area contributed by atoms with Crippen molar-refractivity contribution in [1.29, 1.82) is 0 Å². The van der Waals surface area contributed by atoms with Crippen LogP contribution in [0.2, 0.25) is 5.22 Å². The Morgan fingerprint density at radius 2 is 2.20 bits per heavy atom. The fourth-order valence-corrected chi connectivity index (χ4v) is 2.40. The van der Waals surface area contributed by atoms with Gasteiger partial charge in [-0.25, -0.2) is 0 Å². The summed E-state index contributed by atoms with van der Waals surface area (Å²) < 4.78 is 5.07. The molecule has 1 amide bonds. The standard InChI is InChI=1S/C12H17ClN4O3/c1-17-6-4-12(5-7-17,11(14)16-19)15-10(18)8-2-3-9(13)20-8/h2-3,19H,4-7H2,1H3,(H2,14,16)(H,15,18). The van der Waals surface area contributed by atoms with E-state index >= 15 is 0 Å². The molecular formula is C12H17ClN4O3. The zero-order chi connectivity index (χ0) is 14.8. The number of rotatable bonds is 3. The minimum atomic E-state index is -0.863. The van der Waals surface area contributed by atoms with E-state index in [-0.39, 0.29) is 16.8 Å². The van der Waals surface area contributed by atoms with Crippen LogP contribution in [0.3, 0.4) is 0 Å². The Balaban J connectivity index is 2.18. The molecule has 4 N–H and O–H groups in total. The number of amidine groups is 1. The first-order valence-corrected chi connectivity index (χ1v) is 6.59. The molecule has 0 unspecified atom stereocenters. The lowest BCUT2D eigenvalue weighted by Gasteiger charge is -2.39. The van der Waals surface area contributed by atoms with Crippen molar-refractivity contribution < 1.29 is 14.4 Å². The zero-order valence-electron chi connectivity index (χ0n) is 11.1. The van der Waals surface area contributed by atoms with Crippen LogP contribution in [0.4, 0.5) is 0 Å². The van der Waals surface area contributed by atoms with E-state index in [1.807, 2.05) is 7.05 Å². The Bertz CT molecular complexity index is 521. The first-order chi connectivity index (χ1) is 9.47. The molecule has 7 nitrogen and oxygen atoms in total. The second-order valence-electron chi connectivity index (χ2n) is 4.93. The Kier molecular flexibility index (Phi) is 4.20. The molecule has 1 aromatic heterocycles. The Morgan fingerprint density at radius 1 is 1.55 bits per heavy atom. The van der Waals surface area contributed by atoms with Crippen molar-refractivity contribution in [3.05, 3.63) is 23.1 Å². The van der Waals surface area contributed by atoms with E-state index in [1.54, 1.807) is 0 Å². The van der Waals surface area contributed by atoms with Crippen molar-refractivity contribution in [1.82, 2.24) is 10.2 Å². The molecule has 0 aliphatic carbocycles. The van der Waals surface area contributed by atoms with Crippen LogP contribution < -0.4 is 11.1 Å². The van der Waals surface area contributed by atoms with Crippen molar-refractivity contribution in [2.45, 2.75) is 18.4 Å². The van der Waals surface area contributed by atoms with Gasteiger partial charge < -0.3 is 25.6 Å². The van der Waals surface area contributed by atoms with Gasteiger partial charge in [-0.05, 0) is 43.6 Å². The summed E-state index contributed by atoms with van der Waals surface area (Å²) >= 11 is 5.65. The summed E-state index contributed by atoms with van der Waals surface area (Å²) in [6.45, 7) is 1.46. The van der Waals surface area contributed by atoms with E-state index in [2.05, 4.69) is 15.4 Å². The van der Waals surface area contributed by atoms with Gasteiger partial charge in [-0.15, -0.1) is 0 Å².